The number of aryl methyl sites for hydroxylation is 2. The molecule has 1 N–H and O–H groups in total. The van der Waals surface area contributed by atoms with Gasteiger partial charge in [0, 0.05) is 31.0 Å². The van der Waals surface area contributed by atoms with Crippen molar-refractivity contribution in [3.05, 3.63) is 35.0 Å². The van der Waals surface area contributed by atoms with E-state index in [1.54, 1.807) is 23.9 Å². The van der Waals surface area contributed by atoms with Crippen LogP contribution in [0.15, 0.2) is 16.8 Å². The number of rotatable bonds is 5. The van der Waals surface area contributed by atoms with Crippen LogP contribution in [0.3, 0.4) is 0 Å². The smallest absolute Gasteiger partial charge is 0.219 e. The van der Waals surface area contributed by atoms with Gasteiger partial charge in [-0.1, -0.05) is 5.16 Å². The van der Waals surface area contributed by atoms with Gasteiger partial charge in [0.05, 0.1) is 17.9 Å². The van der Waals surface area contributed by atoms with Crippen molar-refractivity contribution in [1.82, 2.24) is 19.7 Å². The summed E-state index contributed by atoms with van der Waals surface area (Å²) in [6, 6.07) is 1.31. The van der Waals surface area contributed by atoms with Crippen LogP contribution < -0.4 is 4.72 Å². The highest BCUT2D eigenvalue weighted by Crippen LogP contribution is 2.31. The Balaban J connectivity index is 1.74. The second-order valence-electron chi connectivity index (χ2n) is 5.81. The number of aromatic nitrogens is 3. The Labute approximate surface area is 134 Å². The first kappa shape index (κ1) is 16.2. The Hall–Kier alpha value is -1.71. The summed E-state index contributed by atoms with van der Waals surface area (Å²) in [6.07, 6.45) is 2.02. The lowest BCUT2D eigenvalue weighted by Gasteiger charge is -2.19. The summed E-state index contributed by atoms with van der Waals surface area (Å²) >= 11 is 0. The van der Waals surface area contributed by atoms with Crippen molar-refractivity contribution in [3.63, 3.8) is 0 Å². The summed E-state index contributed by atoms with van der Waals surface area (Å²) in [5.74, 6) is 0.0892. The van der Waals surface area contributed by atoms with Crippen molar-refractivity contribution in [2.24, 2.45) is 7.05 Å². The van der Waals surface area contributed by atoms with E-state index in [-0.39, 0.29) is 17.9 Å². The van der Waals surface area contributed by atoms with Crippen LogP contribution in [-0.2, 0) is 27.6 Å². The Morgan fingerprint density at radius 3 is 2.83 bits per heavy atom. The van der Waals surface area contributed by atoms with Crippen LogP contribution in [0.1, 0.15) is 35.2 Å². The highest BCUT2D eigenvalue weighted by molar-refractivity contribution is 7.88. The fourth-order valence-electron chi connectivity index (χ4n) is 2.76. The molecule has 126 valence electrons. The van der Waals surface area contributed by atoms with E-state index in [0.29, 0.717) is 24.5 Å². The predicted molar refractivity (Wildman–Crippen MR) is 82.0 cm³/mol. The third-order valence-corrected chi connectivity index (χ3v) is 5.34. The molecule has 0 radical (unpaired) electrons. The molecule has 0 spiro atoms. The van der Waals surface area contributed by atoms with Crippen molar-refractivity contribution >= 4 is 10.0 Å². The van der Waals surface area contributed by atoms with Gasteiger partial charge in [0.2, 0.25) is 10.0 Å². The lowest BCUT2D eigenvalue weighted by molar-refractivity contribution is 0.102. The zero-order chi connectivity index (χ0) is 16.6. The van der Waals surface area contributed by atoms with Crippen LogP contribution in [0.4, 0.5) is 0 Å². The van der Waals surface area contributed by atoms with E-state index in [9.17, 15) is 8.42 Å². The molecule has 1 aliphatic rings. The number of sulfonamides is 1. The van der Waals surface area contributed by atoms with Crippen molar-refractivity contribution in [2.45, 2.75) is 38.2 Å². The molecule has 1 fully saturated rings. The first-order chi connectivity index (χ1) is 10.9. The average molecular weight is 340 g/mol. The number of nitrogens with zero attached hydrogens (tertiary/aromatic N) is 3. The number of ether oxygens (including phenoxy) is 1. The van der Waals surface area contributed by atoms with Gasteiger partial charge in [-0.15, -0.1) is 0 Å². The Morgan fingerprint density at radius 2 is 2.22 bits per heavy atom. The molecule has 1 aliphatic heterocycles. The zero-order valence-corrected chi connectivity index (χ0v) is 14.1. The van der Waals surface area contributed by atoms with Crippen molar-refractivity contribution in [1.29, 1.82) is 0 Å². The average Bonchev–Trinajstić information content (AvgIpc) is 3.14. The first-order valence-corrected chi connectivity index (χ1v) is 9.03. The maximum Gasteiger partial charge on any atom is 0.219 e. The summed E-state index contributed by atoms with van der Waals surface area (Å²) < 4.78 is 39.9. The van der Waals surface area contributed by atoms with Gasteiger partial charge in [0.15, 0.2) is 5.76 Å². The standard InChI is InChI=1S/C14H20N4O4S/c1-9-6-11(22-16-9)8-23(19,20)17-13-4-5-21-14(13)12-7-15-18(3)10(12)2/h6-7,13-14,17H,4-5,8H2,1-3H3/t13-,14+/m0/s1. The topological polar surface area (TPSA) is 99.2 Å². The van der Waals surface area contributed by atoms with Gasteiger partial charge in [-0.3, -0.25) is 4.68 Å². The molecule has 1 saturated heterocycles. The van der Waals surface area contributed by atoms with Crippen LogP contribution in [-0.4, -0.2) is 36.0 Å². The SMILES string of the molecule is Cc1cc(CS(=O)(=O)N[C@H]2CCO[C@@H]2c2cnn(C)c2C)on1. The molecule has 0 aliphatic carbocycles. The van der Waals surface area contributed by atoms with Gasteiger partial charge < -0.3 is 9.26 Å². The van der Waals surface area contributed by atoms with Crippen LogP contribution in [0.2, 0.25) is 0 Å². The van der Waals surface area contributed by atoms with Crippen LogP contribution in [0, 0.1) is 13.8 Å². The lowest BCUT2D eigenvalue weighted by atomic mass is 10.0. The molecule has 0 saturated carbocycles. The van der Waals surface area contributed by atoms with Gasteiger partial charge in [0.1, 0.15) is 11.9 Å². The van der Waals surface area contributed by atoms with Crippen LogP contribution >= 0.6 is 0 Å². The van der Waals surface area contributed by atoms with E-state index in [1.165, 1.54) is 0 Å². The fourth-order valence-corrected chi connectivity index (χ4v) is 4.05. The van der Waals surface area contributed by atoms with Gasteiger partial charge in [-0.2, -0.15) is 5.10 Å². The molecule has 0 aromatic carbocycles. The second kappa shape index (κ2) is 6.06. The monoisotopic (exact) mass is 340 g/mol. The minimum atomic E-state index is -3.54. The number of hydrogen-bond donors (Lipinski definition) is 1. The fraction of sp³-hybridized carbons (Fsp3) is 0.571. The molecule has 2 aromatic heterocycles. The Kier molecular flexibility index (Phi) is 4.26. The predicted octanol–water partition coefficient (Wildman–Crippen LogP) is 0.975. The van der Waals surface area contributed by atoms with E-state index >= 15 is 0 Å². The van der Waals surface area contributed by atoms with Gasteiger partial charge in [-0.25, -0.2) is 13.1 Å². The summed E-state index contributed by atoms with van der Waals surface area (Å²) in [6.45, 7) is 4.19. The molecule has 3 heterocycles. The van der Waals surface area contributed by atoms with E-state index in [2.05, 4.69) is 15.0 Å². The van der Waals surface area contributed by atoms with Crippen LogP contribution in [0.5, 0.6) is 0 Å². The minimum absolute atomic E-state index is 0.233. The maximum atomic E-state index is 12.4. The van der Waals surface area contributed by atoms with Crippen LogP contribution in [0.25, 0.3) is 0 Å². The van der Waals surface area contributed by atoms with E-state index in [1.807, 2.05) is 14.0 Å². The highest BCUT2D eigenvalue weighted by Gasteiger charge is 2.35. The summed E-state index contributed by atoms with van der Waals surface area (Å²) in [7, 11) is -1.70. The summed E-state index contributed by atoms with van der Waals surface area (Å²) in [4.78, 5) is 0. The van der Waals surface area contributed by atoms with Crippen molar-refractivity contribution in [3.8, 4) is 0 Å². The first-order valence-electron chi connectivity index (χ1n) is 7.38. The summed E-state index contributed by atoms with van der Waals surface area (Å²) in [5.41, 5.74) is 2.53. The third kappa shape index (κ3) is 3.46. The zero-order valence-electron chi connectivity index (χ0n) is 13.3. The van der Waals surface area contributed by atoms with Gasteiger partial charge in [-0.05, 0) is 20.3 Å². The largest absolute Gasteiger partial charge is 0.372 e. The molecule has 8 nitrogen and oxygen atoms in total. The quantitative estimate of drug-likeness (QED) is 0.871. The van der Waals surface area contributed by atoms with Gasteiger partial charge >= 0.3 is 0 Å². The molecular weight excluding hydrogens is 320 g/mol. The molecule has 0 amide bonds. The number of hydrogen-bond acceptors (Lipinski definition) is 6. The molecule has 0 bridgehead atoms. The minimum Gasteiger partial charge on any atom is -0.372 e. The van der Waals surface area contributed by atoms with E-state index < -0.39 is 10.0 Å². The van der Waals surface area contributed by atoms with Crippen molar-refractivity contribution in [2.75, 3.05) is 6.61 Å². The van der Waals surface area contributed by atoms with E-state index in [0.717, 1.165) is 11.3 Å². The second-order valence-corrected chi connectivity index (χ2v) is 7.56. The molecule has 2 aromatic rings. The third-order valence-electron chi connectivity index (χ3n) is 4.01. The normalized spacial score (nSPS) is 21.9. The molecule has 2 atom stereocenters. The van der Waals surface area contributed by atoms with Crippen molar-refractivity contribution < 1.29 is 17.7 Å². The molecule has 0 unspecified atom stereocenters. The molecule has 9 heteroatoms. The van der Waals surface area contributed by atoms with Gasteiger partial charge in [0.25, 0.3) is 0 Å². The highest BCUT2D eigenvalue weighted by atomic mass is 32.2. The van der Waals surface area contributed by atoms with E-state index in [4.69, 9.17) is 9.26 Å². The lowest BCUT2D eigenvalue weighted by Crippen LogP contribution is -2.37. The maximum absolute atomic E-state index is 12.4. The molecular formula is C14H20N4O4S. The Bertz CT molecular complexity index is 796. The Morgan fingerprint density at radius 1 is 1.43 bits per heavy atom. The number of nitrogens with one attached hydrogen (secondary N) is 1. The molecule has 23 heavy (non-hydrogen) atoms. The molecule has 3 rings (SSSR count). The summed E-state index contributed by atoms with van der Waals surface area (Å²) in [5, 5.41) is 7.90.